The first-order valence-corrected chi connectivity index (χ1v) is 13.8. The Morgan fingerprint density at radius 1 is 1.03 bits per heavy atom. The summed E-state index contributed by atoms with van der Waals surface area (Å²) in [6.45, 7) is 7.42. The largest absolute Gasteiger partial charge is 0.340 e. The molecule has 1 amide bonds. The first-order chi connectivity index (χ1) is 15.5. The molecule has 0 N–H and O–H groups in total. The molecular weight excluding hydrogens is 444 g/mol. The van der Waals surface area contributed by atoms with Crippen LogP contribution in [0.15, 0.2) is 34.5 Å². The van der Waals surface area contributed by atoms with Crippen LogP contribution in [0.1, 0.15) is 42.5 Å². The molecule has 1 aromatic carbocycles. The zero-order valence-corrected chi connectivity index (χ0v) is 20.3. The van der Waals surface area contributed by atoms with Gasteiger partial charge in [0.15, 0.2) is 0 Å². The Morgan fingerprint density at radius 3 is 2.34 bits per heavy atom. The zero-order chi connectivity index (χ0) is 22.6. The van der Waals surface area contributed by atoms with E-state index in [0.717, 1.165) is 63.2 Å². The Kier molecular flexibility index (Phi) is 7.60. The monoisotopic (exact) mass is 476 g/mol. The predicted octanol–water partition coefficient (Wildman–Crippen LogP) is 2.77. The standard InChI is InChI=1S/C23H32N4O3S2/c1-2-22-24-20(18-31-22)17-25-13-15-26(16-14-25)23(28)10-7-19-5-8-21(9-6-19)32(29,30)27-11-3-4-12-27/h5-6,8-9,18H,2-4,7,10-17H2,1H3. The lowest BCUT2D eigenvalue weighted by atomic mass is 10.1. The van der Waals surface area contributed by atoms with Gasteiger partial charge in [-0.3, -0.25) is 9.69 Å². The molecule has 2 fully saturated rings. The fourth-order valence-corrected chi connectivity index (χ4v) is 6.54. The third-order valence-corrected chi connectivity index (χ3v) is 9.22. The second-order valence-electron chi connectivity index (χ2n) is 8.50. The molecule has 0 saturated carbocycles. The molecule has 2 aliphatic heterocycles. The molecule has 0 bridgehead atoms. The van der Waals surface area contributed by atoms with Crippen LogP contribution in [0.2, 0.25) is 0 Å². The molecule has 1 aromatic heterocycles. The van der Waals surface area contributed by atoms with Crippen molar-refractivity contribution >= 4 is 27.3 Å². The van der Waals surface area contributed by atoms with Crippen molar-refractivity contribution in [2.75, 3.05) is 39.3 Å². The van der Waals surface area contributed by atoms with Crippen LogP contribution in [0.3, 0.4) is 0 Å². The number of hydrogen-bond donors (Lipinski definition) is 0. The molecule has 2 aliphatic rings. The van der Waals surface area contributed by atoms with Crippen LogP contribution in [0.5, 0.6) is 0 Å². The average molecular weight is 477 g/mol. The normalized spacial score (nSPS) is 18.3. The number of carbonyl (C=O) groups excluding carboxylic acids is 1. The van der Waals surface area contributed by atoms with Crippen LogP contribution >= 0.6 is 11.3 Å². The quantitative estimate of drug-likeness (QED) is 0.586. The lowest BCUT2D eigenvalue weighted by molar-refractivity contribution is -0.133. The number of benzene rings is 1. The lowest BCUT2D eigenvalue weighted by Crippen LogP contribution is -2.48. The third-order valence-electron chi connectivity index (χ3n) is 6.27. The van der Waals surface area contributed by atoms with E-state index in [1.165, 1.54) is 5.01 Å². The molecule has 3 heterocycles. The van der Waals surface area contributed by atoms with Crippen molar-refractivity contribution in [3.63, 3.8) is 0 Å². The summed E-state index contributed by atoms with van der Waals surface area (Å²) in [6, 6.07) is 7.03. The van der Waals surface area contributed by atoms with E-state index in [9.17, 15) is 13.2 Å². The molecule has 4 rings (SSSR count). The Morgan fingerprint density at radius 2 is 1.72 bits per heavy atom. The van der Waals surface area contributed by atoms with E-state index in [1.807, 2.05) is 17.0 Å². The van der Waals surface area contributed by atoms with Crippen molar-refractivity contribution in [2.24, 2.45) is 0 Å². The van der Waals surface area contributed by atoms with Crippen molar-refractivity contribution in [1.82, 2.24) is 19.1 Å². The highest BCUT2D eigenvalue weighted by atomic mass is 32.2. The van der Waals surface area contributed by atoms with Crippen molar-refractivity contribution in [1.29, 1.82) is 0 Å². The molecule has 9 heteroatoms. The van der Waals surface area contributed by atoms with Crippen molar-refractivity contribution < 1.29 is 13.2 Å². The van der Waals surface area contributed by atoms with Gasteiger partial charge in [-0.05, 0) is 43.4 Å². The van der Waals surface area contributed by atoms with Crippen molar-refractivity contribution in [3.05, 3.63) is 45.9 Å². The molecule has 7 nitrogen and oxygen atoms in total. The number of rotatable bonds is 8. The lowest BCUT2D eigenvalue weighted by Gasteiger charge is -2.34. The highest BCUT2D eigenvalue weighted by Crippen LogP contribution is 2.21. The van der Waals surface area contributed by atoms with Gasteiger partial charge in [0.05, 0.1) is 15.6 Å². The summed E-state index contributed by atoms with van der Waals surface area (Å²) in [6.07, 6.45) is 3.91. The van der Waals surface area contributed by atoms with E-state index in [4.69, 9.17) is 0 Å². The van der Waals surface area contributed by atoms with Crippen LogP contribution in [0.4, 0.5) is 0 Å². The van der Waals surface area contributed by atoms with Gasteiger partial charge in [0.1, 0.15) is 0 Å². The smallest absolute Gasteiger partial charge is 0.243 e. The minimum Gasteiger partial charge on any atom is -0.340 e. The van der Waals surface area contributed by atoms with Gasteiger partial charge in [-0.1, -0.05) is 19.1 Å². The molecule has 0 spiro atoms. The highest BCUT2D eigenvalue weighted by molar-refractivity contribution is 7.89. The third kappa shape index (κ3) is 5.57. The minimum atomic E-state index is -3.38. The van der Waals surface area contributed by atoms with Crippen LogP contribution in [-0.2, 0) is 34.2 Å². The Bertz CT molecular complexity index is 1010. The minimum absolute atomic E-state index is 0.167. The molecule has 0 atom stereocenters. The maximum absolute atomic E-state index is 12.7. The van der Waals surface area contributed by atoms with Crippen LogP contribution in [0, 0.1) is 0 Å². The fourth-order valence-electron chi connectivity index (χ4n) is 4.28. The number of sulfonamides is 1. The molecule has 0 unspecified atom stereocenters. The molecule has 0 aliphatic carbocycles. The summed E-state index contributed by atoms with van der Waals surface area (Å²) in [7, 11) is -3.38. The van der Waals surface area contributed by atoms with Crippen molar-refractivity contribution in [3.8, 4) is 0 Å². The topological polar surface area (TPSA) is 73.8 Å². The first kappa shape index (κ1) is 23.4. The average Bonchev–Trinajstić information content (AvgIpc) is 3.51. The highest BCUT2D eigenvalue weighted by Gasteiger charge is 2.27. The van der Waals surface area contributed by atoms with Crippen molar-refractivity contribution in [2.45, 2.75) is 50.5 Å². The van der Waals surface area contributed by atoms with E-state index in [-0.39, 0.29) is 5.91 Å². The van der Waals surface area contributed by atoms with E-state index >= 15 is 0 Å². The van der Waals surface area contributed by atoms with Gasteiger partial charge in [0, 0.05) is 57.6 Å². The summed E-state index contributed by atoms with van der Waals surface area (Å²) in [5.74, 6) is 0.167. The summed E-state index contributed by atoms with van der Waals surface area (Å²) < 4.78 is 26.8. The van der Waals surface area contributed by atoms with Gasteiger partial charge in [0.2, 0.25) is 15.9 Å². The summed E-state index contributed by atoms with van der Waals surface area (Å²) in [5.41, 5.74) is 2.12. The van der Waals surface area contributed by atoms with Crippen LogP contribution < -0.4 is 0 Å². The fraction of sp³-hybridized carbons (Fsp3) is 0.565. The second-order valence-corrected chi connectivity index (χ2v) is 11.4. The SMILES string of the molecule is CCc1nc(CN2CCN(C(=O)CCc3ccc(S(=O)(=O)N4CCCC4)cc3)CC2)cs1. The molecule has 2 aromatic rings. The Hall–Kier alpha value is -1.81. The summed E-state index contributed by atoms with van der Waals surface area (Å²) in [4.78, 5) is 22.0. The number of nitrogens with zero attached hydrogens (tertiary/aromatic N) is 4. The summed E-state index contributed by atoms with van der Waals surface area (Å²) >= 11 is 1.72. The molecular formula is C23H32N4O3S2. The van der Waals surface area contributed by atoms with Gasteiger partial charge in [-0.25, -0.2) is 13.4 Å². The Balaban J connectivity index is 1.23. The maximum atomic E-state index is 12.7. The number of amides is 1. The molecule has 2 saturated heterocycles. The second kappa shape index (κ2) is 10.4. The first-order valence-electron chi connectivity index (χ1n) is 11.5. The predicted molar refractivity (Wildman–Crippen MR) is 126 cm³/mol. The van der Waals surface area contributed by atoms with Gasteiger partial charge in [0.25, 0.3) is 0 Å². The number of hydrogen-bond acceptors (Lipinski definition) is 6. The zero-order valence-electron chi connectivity index (χ0n) is 18.7. The molecule has 174 valence electrons. The van der Waals surface area contributed by atoms with Gasteiger partial charge in [-0.15, -0.1) is 11.3 Å². The van der Waals surface area contributed by atoms with Gasteiger partial charge in [-0.2, -0.15) is 4.31 Å². The number of piperazine rings is 1. The summed E-state index contributed by atoms with van der Waals surface area (Å²) in [5, 5.41) is 3.31. The van der Waals surface area contributed by atoms with Crippen LogP contribution in [0.25, 0.3) is 0 Å². The number of aromatic nitrogens is 1. The van der Waals surface area contributed by atoms with E-state index in [0.29, 0.717) is 30.8 Å². The van der Waals surface area contributed by atoms with E-state index in [1.54, 1.807) is 27.8 Å². The number of aryl methyl sites for hydroxylation is 2. The Labute approximate surface area is 195 Å². The maximum Gasteiger partial charge on any atom is 0.243 e. The van der Waals surface area contributed by atoms with E-state index < -0.39 is 10.0 Å². The molecule has 32 heavy (non-hydrogen) atoms. The van der Waals surface area contributed by atoms with Gasteiger partial charge >= 0.3 is 0 Å². The van der Waals surface area contributed by atoms with E-state index in [2.05, 4.69) is 22.2 Å². The molecule has 0 radical (unpaired) electrons. The van der Waals surface area contributed by atoms with Gasteiger partial charge < -0.3 is 4.90 Å². The number of thiazole rings is 1. The van der Waals surface area contributed by atoms with Crippen LogP contribution in [-0.4, -0.2) is 72.7 Å². The number of carbonyl (C=O) groups is 1.